The van der Waals surface area contributed by atoms with Crippen molar-refractivity contribution in [3.63, 3.8) is 0 Å². The Hall–Kier alpha value is -2.22. The van der Waals surface area contributed by atoms with Crippen LogP contribution in [-0.4, -0.2) is 67.5 Å². The highest BCUT2D eigenvalue weighted by Gasteiger charge is 2.42. The number of aliphatic hydroxyl groups is 1. The molecular weight excluding hydrogens is 440 g/mol. The lowest BCUT2D eigenvalue weighted by Gasteiger charge is -2.43. The number of nitrogens with one attached hydrogen (secondary N) is 2. The number of unbranched alkanes of at least 4 members (excludes halogenated alkanes) is 1. The molecule has 1 unspecified atom stereocenters. The molecule has 1 aromatic heterocycles. The summed E-state index contributed by atoms with van der Waals surface area (Å²) in [7, 11) is 3.62. The molecule has 2 heterocycles. The number of pyridine rings is 1. The maximum atomic E-state index is 13.3. The Kier molecular flexibility index (Phi) is 10.3. The fourth-order valence-corrected chi connectivity index (χ4v) is 5.48. The third-order valence-corrected chi connectivity index (χ3v) is 7.17. The number of methoxy groups -OCH3 is 1. The molecule has 1 saturated heterocycles. The molecule has 1 fully saturated rings. The molecule has 35 heavy (non-hydrogen) atoms. The lowest BCUT2D eigenvalue weighted by molar-refractivity contribution is -0.0553. The molecule has 7 heteroatoms. The average Bonchev–Trinajstić information content (AvgIpc) is 2.86. The zero-order valence-corrected chi connectivity index (χ0v) is 21.9. The van der Waals surface area contributed by atoms with Crippen molar-refractivity contribution in [3.8, 4) is 0 Å². The summed E-state index contributed by atoms with van der Waals surface area (Å²) in [6.07, 6.45) is 6.80. The number of amides is 2. The molecule has 0 saturated carbocycles. The van der Waals surface area contributed by atoms with Crippen LogP contribution in [0.4, 0.5) is 4.79 Å². The van der Waals surface area contributed by atoms with E-state index in [4.69, 9.17) is 4.74 Å². The molecule has 3 N–H and O–H groups in total. The van der Waals surface area contributed by atoms with E-state index in [1.807, 2.05) is 42.3 Å². The van der Waals surface area contributed by atoms with Crippen LogP contribution in [0.25, 0.3) is 10.9 Å². The van der Waals surface area contributed by atoms with Crippen molar-refractivity contribution in [1.29, 1.82) is 0 Å². The second-order valence-electron chi connectivity index (χ2n) is 10.4. The van der Waals surface area contributed by atoms with Gasteiger partial charge in [0.1, 0.15) is 0 Å². The van der Waals surface area contributed by atoms with Gasteiger partial charge in [0.15, 0.2) is 0 Å². The molecule has 0 radical (unpaired) electrons. The van der Waals surface area contributed by atoms with E-state index in [0.29, 0.717) is 32.0 Å². The van der Waals surface area contributed by atoms with Crippen LogP contribution in [0.1, 0.15) is 57.9 Å². The summed E-state index contributed by atoms with van der Waals surface area (Å²) in [4.78, 5) is 19.8. The van der Waals surface area contributed by atoms with Gasteiger partial charge >= 0.3 is 6.03 Å². The van der Waals surface area contributed by atoms with Crippen LogP contribution in [-0.2, 0) is 10.3 Å². The summed E-state index contributed by atoms with van der Waals surface area (Å²) >= 11 is 0. The number of piperidine rings is 1. The Balaban J connectivity index is 1.84. The van der Waals surface area contributed by atoms with Crippen LogP contribution in [0.5, 0.6) is 0 Å². The number of aromatic nitrogens is 1. The van der Waals surface area contributed by atoms with Crippen LogP contribution in [0.3, 0.4) is 0 Å². The molecule has 194 valence electrons. The minimum Gasteiger partial charge on any atom is -0.385 e. The van der Waals surface area contributed by atoms with Crippen molar-refractivity contribution in [2.45, 2.75) is 64.0 Å². The van der Waals surface area contributed by atoms with Gasteiger partial charge in [-0.3, -0.25) is 4.98 Å². The summed E-state index contributed by atoms with van der Waals surface area (Å²) in [5.74, 6) is 0.434. The molecule has 3 rings (SSSR count). The standard InChI is InChI=1S/C28H44N4O3/c1-21(2)18-24(19-29-3)31-27(33)32-16-9-12-23(20-32)28(34,14-5-6-17-35-4)25-13-7-10-22-11-8-15-30-26(22)25/h7-8,10-11,13,15,21,23-24,29,34H,5-6,9,12,14,16-20H2,1-4H3,(H,31,33)/t23-,24?,28+/m1/s1. The minimum atomic E-state index is -1.07. The Bertz CT molecular complexity index is 932. The SMILES string of the molecule is CNCC(CC(C)C)NC(=O)N1CCC[C@@H]([C@@](O)(CCCCOC)c2cccc3cccnc23)C1. The second kappa shape index (κ2) is 13.2. The van der Waals surface area contributed by atoms with Crippen molar-refractivity contribution in [2.24, 2.45) is 11.8 Å². The predicted molar refractivity (Wildman–Crippen MR) is 141 cm³/mol. The van der Waals surface area contributed by atoms with Gasteiger partial charge in [-0.15, -0.1) is 0 Å². The molecule has 2 aromatic rings. The Morgan fingerprint density at radius 1 is 1.29 bits per heavy atom. The van der Waals surface area contributed by atoms with E-state index >= 15 is 0 Å². The van der Waals surface area contributed by atoms with Gasteiger partial charge in [-0.2, -0.15) is 0 Å². The first-order valence-corrected chi connectivity index (χ1v) is 13.1. The zero-order chi connectivity index (χ0) is 25.3. The van der Waals surface area contributed by atoms with Gasteiger partial charge < -0.3 is 25.4 Å². The number of carbonyl (C=O) groups is 1. The van der Waals surface area contributed by atoms with E-state index in [-0.39, 0.29) is 18.0 Å². The van der Waals surface area contributed by atoms with E-state index in [1.165, 1.54) is 0 Å². The van der Waals surface area contributed by atoms with E-state index < -0.39 is 5.60 Å². The lowest BCUT2D eigenvalue weighted by Crippen LogP contribution is -2.54. The van der Waals surface area contributed by atoms with E-state index in [1.54, 1.807) is 13.3 Å². The Labute approximate surface area is 210 Å². The number of fused-ring (bicyclic) bond motifs is 1. The molecule has 0 aliphatic carbocycles. The number of likely N-dealkylation sites (N-methyl/N-ethyl adjacent to an activating group) is 1. The van der Waals surface area contributed by atoms with E-state index in [2.05, 4.69) is 29.5 Å². The molecule has 3 atom stereocenters. The van der Waals surface area contributed by atoms with Gasteiger partial charge in [-0.1, -0.05) is 38.1 Å². The number of urea groups is 1. The number of nitrogens with zero attached hydrogens (tertiary/aromatic N) is 2. The summed E-state index contributed by atoms with van der Waals surface area (Å²) in [5.41, 5.74) is 0.646. The first-order valence-electron chi connectivity index (χ1n) is 13.1. The fraction of sp³-hybridized carbons (Fsp3) is 0.643. The summed E-state index contributed by atoms with van der Waals surface area (Å²) in [6, 6.07) is 10.1. The van der Waals surface area contributed by atoms with Crippen molar-refractivity contribution in [2.75, 3.05) is 40.4 Å². The highest BCUT2D eigenvalue weighted by Crippen LogP contribution is 2.42. The quantitative estimate of drug-likeness (QED) is 0.391. The first-order chi connectivity index (χ1) is 16.9. The predicted octanol–water partition coefficient (Wildman–Crippen LogP) is 4.29. The van der Waals surface area contributed by atoms with E-state index in [0.717, 1.165) is 55.1 Å². The number of likely N-dealkylation sites (tertiary alicyclic amines) is 1. The highest BCUT2D eigenvalue weighted by atomic mass is 16.5. The number of carbonyl (C=O) groups excluding carboxylic acids is 1. The van der Waals surface area contributed by atoms with Gasteiger partial charge in [-0.25, -0.2) is 4.79 Å². The number of hydrogen-bond acceptors (Lipinski definition) is 5. The van der Waals surface area contributed by atoms with Gasteiger partial charge in [0.25, 0.3) is 0 Å². The number of ether oxygens (including phenoxy) is 1. The number of para-hydroxylation sites is 1. The van der Waals surface area contributed by atoms with E-state index in [9.17, 15) is 9.90 Å². The maximum Gasteiger partial charge on any atom is 0.317 e. The highest BCUT2D eigenvalue weighted by molar-refractivity contribution is 5.82. The molecule has 1 aliphatic heterocycles. The average molecular weight is 485 g/mol. The molecule has 7 nitrogen and oxygen atoms in total. The molecule has 1 aromatic carbocycles. The summed E-state index contributed by atoms with van der Waals surface area (Å²) in [6.45, 7) is 7.01. The first kappa shape index (κ1) is 27.4. The van der Waals surface area contributed by atoms with Gasteiger partial charge in [0.2, 0.25) is 0 Å². The molecule has 0 spiro atoms. The lowest BCUT2D eigenvalue weighted by atomic mass is 9.73. The summed E-state index contributed by atoms with van der Waals surface area (Å²) in [5, 5.41) is 19.8. The maximum absolute atomic E-state index is 13.3. The zero-order valence-electron chi connectivity index (χ0n) is 21.9. The van der Waals surface area contributed by atoms with Crippen LogP contribution in [0, 0.1) is 11.8 Å². The Morgan fingerprint density at radius 2 is 2.09 bits per heavy atom. The second-order valence-corrected chi connectivity index (χ2v) is 10.4. The van der Waals surface area contributed by atoms with Crippen LogP contribution in [0.2, 0.25) is 0 Å². The normalized spacial score (nSPS) is 19.0. The molecule has 2 amide bonds. The number of rotatable bonds is 12. The van der Waals surface area contributed by atoms with Crippen molar-refractivity contribution in [3.05, 3.63) is 42.1 Å². The van der Waals surface area contributed by atoms with Crippen LogP contribution >= 0.6 is 0 Å². The monoisotopic (exact) mass is 484 g/mol. The number of benzene rings is 1. The molecule has 0 bridgehead atoms. The van der Waals surface area contributed by atoms with Crippen molar-refractivity contribution >= 4 is 16.9 Å². The number of hydrogen-bond donors (Lipinski definition) is 3. The van der Waals surface area contributed by atoms with Gasteiger partial charge in [-0.05, 0) is 57.6 Å². The summed E-state index contributed by atoms with van der Waals surface area (Å²) < 4.78 is 5.25. The Morgan fingerprint density at radius 3 is 2.83 bits per heavy atom. The minimum absolute atomic E-state index is 0.0339. The fourth-order valence-electron chi connectivity index (χ4n) is 5.48. The largest absolute Gasteiger partial charge is 0.385 e. The van der Waals surface area contributed by atoms with Crippen LogP contribution < -0.4 is 10.6 Å². The third kappa shape index (κ3) is 7.15. The molecular formula is C28H44N4O3. The smallest absolute Gasteiger partial charge is 0.317 e. The molecule has 1 aliphatic rings. The van der Waals surface area contributed by atoms with Crippen molar-refractivity contribution < 1.29 is 14.6 Å². The van der Waals surface area contributed by atoms with Crippen molar-refractivity contribution in [1.82, 2.24) is 20.5 Å². The topological polar surface area (TPSA) is 86.7 Å². The third-order valence-electron chi connectivity index (χ3n) is 7.17. The van der Waals surface area contributed by atoms with Crippen LogP contribution in [0.15, 0.2) is 36.5 Å². The van der Waals surface area contributed by atoms with Gasteiger partial charge in [0, 0.05) is 62.5 Å². The van der Waals surface area contributed by atoms with Gasteiger partial charge in [0.05, 0.1) is 11.1 Å².